The fourth-order valence-electron chi connectivity index (χ4n) is 3.95. The molecule has 0 radical (unpaired) electrons. The van der Waals surface area contributed by atoms with Crippen LogP contribution in [0.3, 0.4) is 0 Å². The van der Waals surface area contributed by atoms with Crippen molar-refractivity contribution in [3.63, 3.8) is 0 Å². The van der Waals surface area contributed by atoms with E-state index in [4.69, 9.17) is 30.9 Å². The molecule has 3 aromatic rings. The van der Waals surface area contributed by atoms with Gasteiger partial charge in [-0.1, -0.05) is 35.9 Å². The largest absolute Gasteiger partial charge is 0.456 e. The molecule has 2 fully saturated rings. The molecular weight excluding hydrogens is 396 g/mol. The SMILES string of the molecule is OCCc1ccc(-c2cc3nc(O[C@@H]4CO[C@H]5[C@@H]4OC[C@H]5O)[nH]c3cc2Cl)cc1. The van der Waals surface area contributed by atoms with E-state index in [1.165, 1.54) is 0 Å². The molecule has 2 aliphatic rings. The summed E-state index contributed by atoms with van der Waals surface area (Å²) in [7, 11) is 0. The van der Waals surface area contributed by atoms with Gasteiger partial charge < -0.3 is 29.4 Å². The van der Waals surface area contributed by atoms with Gasteiger partial charge in [-0.3, -0.25) is 0 Å². The number of fused-ring (bicyclic) bond motifs is 2. The lowest BCUT2D eigenvalue weighted by Crippen LogP contribution is -2.34. The molecule has 0 bridgehead atoms. The predicted molar refractivity (Wildman–Crippen MR) is 107 cm³/mol. The van der Waals surface area contributed by atoms with Gasteiger partial charge in [0.1, 0.15) is 18.3 Å². The highest BCUT2D eigenvalue weighted by Gasteiger charge is 2.48. The van der Waals surface area contributed by atoms with Crippen LogP contribution in [0, 0.1) is 0 Å². The molecule has 8 heteroatoms. The topological polar surface area (TPSA) is 96.8 Å². The van der Waals surface area contributed by atoms with Gasteiger partial charge in [0.15, 0.2) is 6.10 Å². The number of aliphatic hydroxyl groups is 2. The van der Waals surface area contributed by atoms with Crippen LogP contribution in [0.1, 0.15) is 5.56 Å². The number of H-pyrrole nitrogens is 1. The summed E-state index contributed by atoms with van der Waals surface area (Å²) in [6.45, 7) is 0.723. The molecule has 3 N–H and O–H groups in total. The van der Waals surface area contributed by atoms with Crippen molar-refractivity contribution in [1.82, 2.24) is 9.97 Å². The third kappa shape index (κ3) is 3.49. The summed E-state index contributed by atoms with van der Waals surface area (Å²) in [5.74, 6) is 0. The van der Waals surface area contributed by atoms with E-state index in [0.717, 1.165) is 27.7 Å². The molecule has 0 spiro atoms. The Morgan fingerprint density at radius 3 is 2.72 bits per heavy atom. The van der Waals surface area contributed by atoms with Gasteiger partial charge in [-0.15, -0.1) is 0 Å². The maximum atomic E-state index is 9.86. The summed E-state index contributed by atoms with van der Waals surface area (Å²) < 4.78 is 17.1. The van der Waals surface area contributed by atoms with Crippen LogP contribution in [-0.2, 0) is 15.9 Å². The number of halogens is 1. The second kappa shape index (κ2) is 7.59. The molecule has 2 saturated heterocycles. The number of hydrogen-bond acceptors (Lipinski definition) is 6. The number of ether oxygens (including phenoxy) is 3. The van der Waals surface area contributed by atoms with Gasteiger partial charge >= 0.3 is 0 Å². The quantitative estimate of drug-likeness (QED) is 0.590. The number of imidazole rings is 1. The van der Waals surface area contributed by atoms with Crippen LogP contribution in [0.4, 0.5) is 0 Å². The molecule has 0 saturated carbocycles. The highest BCUT2D eigenvalue weighted by atomic mass is 35.5. The Labute approximate surface area is 172 Å². The number of rotatable bonds is 5. The molecule has 1 aromatic heterocycles. The minimum absolute atomic E-state index is 0.125. The van der Waals surface area contributed by atoms with Crippen molar-refractivity contribution in [3.05, 3.63) is 47.0 Å². The van der Waals surface area contributed by atoms with Crippen LogP contribution in [0.2, 0.25) is 5.02 Å². The molecule has 2 aliphatic heterocycles. The summed E-state index contributed by atoms with van der Waals surface area (Å²) >= 11 is 6.51. The number of aliphatic hydroxyl groups excluding tert-OH is 2. The van der Waals surface area contributed by atoms with Gasteiger partial charge in [0.25, 0.3) is 6.01 Å². The van der Waals surface area contributed by atoms with Crippen molar-refractivity contribution in [3.8, 4) is 17.1 Å². The van der Waals surface area contributed by atoms with Crippen LogP contribution >= 0.6 is 11.6 Å². The van der Waals surface area contributed by atoms with E-state index >= 15 is 0 Å². The summed E-state index contributed by atoms with van der Waals surface area (Å²) in [4.78, 5) is 7.68. The van der Waals surface area contributed by atoms with Crippen LogP contribution < -0.4 is 4.74 Å². The lowest BCUT2D eigenvalue weighted by Gasteiger charge is -2.15. The third-order valence-electron chi connectivity index (χ3n) is 5.46. The van der Waals surface area contributed by atoms with E-state index in [1.807, 2.05) is 36.4 Å². The zero-order chi connectivity index (χ0) is 20.0. The first kappa shape index (κ1) is 18.8. The van der Waals surface area contributed by atoms with Gasteiger partial charge in [0.05, 0.1) is 29.3 Å². The average Bonchev–Trinajstić information content (AvgIpc) is 3.39. The fourth-order valence-corrected chi connectivity index (χ4v) is 4.23. The molecule has 2 aromatic carbocycles. The first-order valence-electron chi connectivity index (χ1n) is 9.60. The zero-order valence-electron chi connectivity index (χ0n) is 15.5. The number of aromatic nitrogens is 2. The molecule has 152 valence electrons. The molecule has 0 unspecified atom stereocenters. The van der Waals surface area contributed by atoms with Crippen molar-refractivity contribution >= 4 is 22.6 Å². The normalized spacial score (nSPS) is 26.2. The number of aromatic amines is 1. The molecule has 29 heavy (non-hydrogen) atoms. The number of benzene rings is 2. The van der Waals surface area contributed by atoms with Crippen LogP contribution in [0.5, 0.6) is 6.01 Å². The minimum atomic E-state index is -0.616. The van der Waals surface area contributed by atoms with Gasteiger partial charge in [0.2, 0.25) is 0 Å². The Balaban J connectivity index is 1.39. The standard InChI is InChI=1S/C21H21ClN2O5/c22-14-8-16-15(7-13(14)12-3-1-11(2-4-12)5-6-25)23-21(24-16)29-18-10-28-19-17(26)9-27-20(18)19/h1-4,7-8,17-20,25-26H,5-6,9-10H2,(H,23,24)/t17-,18-,19-,20-/m1/s1. The van der Waals surface area contributed by atoms with Gasteiger partial charge in [0, 0.05) is 12.2 Å². The molecule has 0 aliphatic carbocycles. The molecule has 4 atom stereocenters. The maximum Gasteiger partial charge on any atom is 0.295 e. The summed E-state index contributed by atoms with van der Waals surface area (Å²) in [5, 5.41) is 19.5. The van der Waals surface area contributed by atoms with Crippen LogP contribution in [0.25, 0.3) is 22.2 Å². The van der Waals surface area contributed by atoms with E-state index in [-0.39, 0.29) is 31.5 Å². The van der Waals surface area contributed by atoms with Crippen molar-refractivity contribution in [2.45, 2.75) is 30.8 Å². The summed E-state index contributed by atoms with van der Waals surface area (Å²) in [5.41, 5.74) is 4.43. The number of hydrogen-bond donors (Lipinski definition) is 3. The highest BCUT2D eigenvalue weighted by molar-refractivity contribution is 6.34. The lowest BCUT2D eigenvalue weighted by molar-refractivity contribution is 0.00706. The van der Waals surface area contributed by atoms with Crippen molar-refractivity contribution < 1.29 is 24.4 Å². The van der Waals surface area contributed by atoms with Crippen LogP contribution in [-0.4, -0.2) is 64.4 Å². The molecule has 5 rings (SSSR count). The number of nitrogens with one attached hydrogen (secondary N) is 1. The Morgan fingerprint density at radius 2 is 1.93 bits per heavy atom. The highest BCUT2D eigenvalue weighted by Crippen LogP contribution is 2.34. The first-order chi connectivity index (χ1) is 14.1. The van der Waals surface area contributed by atoms with E-state index in [0.29, 0.717) is 24.1 Å². The minimum Gasteiger partial charge on any atom is -0.456 e. The van der Waals surface area contributed by atoms with E-state index < -0.39 is 6.10 Å². The summed E-state index contributed by atoms with van der Waals surface area (Å²) in [6.07, 6.45) is -0.962. The van der Waals surface area contributed by atoms with E-state index in [9.17, 15) is 5.11 Å². The van der Waals surface area contributed by atoms with Crippen molar-refractivity contribution in [1.29, 1.82) is 0 Å². The second-order valence-corrected chi connectivity index (χ2v) is 7.79. The first-order valence-corrected chi connectivity index (χ1v) is 9.97. The van der Waals surface area contributed by atoms with E-state index in [1.54, 1.807) is 0 Å². The second-order valence-electron chi connectivity index (χ2n) is 7.38. The van der Waals surface area contributed by atoms with Gasteiger partial charge in [-0.25, -0.2) is 0 Å². The Bertz CT molecular complexity index is 1020. The molecule has 7 nitrogen and oxygen atoms in total. The van der Waals surface area contributed by atoms with E-state index in [2.05, 4.69) is 9.97 Å². The van der Waals surface area contributed by atoms with Crippen molar-refractivity contribution in [2.75, 3.05) is 19.8 Å². The van der Waals surface area contributed by atoms with Gasteiger partial charge in [-0.05, 0) is 29.7 Å². The molecule has 0 amide bonds. The van der Waals surface area contributed by atoms with Gasteiger partial charge in [-0.2, -0.15) is 4.98 Å². The van der Waals surface area contributed by atoms with Crippen molar-refractivity contribution in [2.24, 2.45) is 0 Å². The Hall–Kier alpha value is -2.16. The zero-order valence-corrected chi connectivity index (χ0v) is 16.3. The Kier molecular flexibility index (Phi) is 4.93. The molecular formula is C21H21ClN2O5. The molecule has 3 heterocycles. The fraction of sp³-hybridized carbons (Fsp3) is 0.381. The van der Waals surface area contributed by atoms with Crippen LogP contribution in [0.15, 0.2) is 36.4 Å². The lowest BCUT2D eigenvalue weighted by atomic mass is 10.0. The smallest absolute Gasteiger partial charge is 0.295 e. The number of nitrogens with zero attached hydrogens (tertiary/aromatic N) is 1. The average molecular weight is 417 g/mol. The maximum absolute atomic E-state index is 9.86. The predicted octanol–water partition coefficient (Wildman–Crippen LogP) is 2.32. The summed E-state index contributed by atoms with van der Waals surface area (Å²) in [6, 6.07) is 12.1. The monoisotopic (exact) mass is 416 g/mol. The Morgan fingerprint density at radius 1 is 1.14 bits per heavy atom. The third-order valence-corrected chi connectivity index (χ3v) is 5.77.